The van der Waals surface area contributed by atoms with Crippen LogP contribution in [0.25, 0.3) is 0 Å². The summed E-state index contributed by atoms with van der Waals surface area (Å²) in [5, 5.41) is -0.523. The van der Waals surface area contributed by atoms with E-state index >= 15 is 0 Å². The molecule has 0 saturated heterocycles. The van der Waals surface area contributed by atoms with E-state index in [0.29, 0.717) is 13.0 Å². The highest BCUT2D eigenvalue weighted by Crippen LogP contribution is 2.34. The molecule has 1 heterocycles. The van der Waals surface area contributed by atoms with Crippen molar-refractivity contribution >= 4 is 26.9 Å². The van der Waals surface area contributed by atoms with Gasteiger partial charge in [0, 0.05) is 13.0 Å². The van der Waals surface area contributed by atoms with Crippen molar-refractivity contribution in [2.75, 3.05) is 12.8 Å². The van der Waals surface area contributed by atoms with Gasteiger partial charge < -0.3 is 0 Å². The van der Waals surface area contributed by atoms with Crippen molar-refractivity contribution in [2.24, 2.45) is 0 Å². The Labute approximate surface area is 112 Å². The Morgan fingerprint density at radius 2 is 2.11 bits per heavy atom. The molecule has 0 N–H and O–H groups in total. The maximum atomic E-state index is 11.8. The summed E-state index contributed by atoms with van der Waals surface area (Å²) in [6.45, 7) is 0.394. The van der Waals surface area contributed by atoms with Crippen LogP contribution in [0.4, 0.5) is 0 Å². The average Bonchev–Trinajstić information content (AvgIpc) is 2.27. The van der Waals surface area contributed by atoms with E-state index in [0.717, 1.165) is 17.4 Å². The van der Waals surface area contributed by atoms with Crippen LogP contribution in [-0.4, -0.2) is 30.8 Å². The van der Waals surface area contributed by atoms with Gasteiger partial charge in [-0.05, 0) is 29.1 Å². The zero-order chi connectivity index (χ0) is 13.3. The van der Waals surface area contributed by atoms with Crippen molar-refractivity contribution in [2.45, 2.75) is 18.9 Å². The molecule has 1 aliphatic heterocycles. The lowest BCUT2D eigenvalue weighted by Gasteiger charge is -2.34. The van der Waals surface area contributed by atoms with Crippen molar-refractivity contribution in [1.82, 2.24) is 4.31 Å². The second kappa shape index (κ2) is 4.99. The fourth-order valence-corrected chi connectivity index (χ4v) is 3.61. The number of carbonyl (C=O) groups is 1. The van der Waals surface area contributed by atoms with Crippen LogP contribution in [0.3, 0.4) is 0 Å². The van der Waals surface area contributed by atoms with E-state index in [1.165, 1.54) is 4.31 Å². The van der Waals surface area contributed by atoms with E-state index in [4.69, 9.17) is 11.6 Å². The van der Waals surface area contributed by atoms with Gasteiger partial charge in [-0.3, -0.25) is 4.79 Å². The molecule has 98 valence electrons. The molecule has 0 spiro atoms. The molecule has 1 aromatic rings. The molecule has 0 aromatic heterocycles. The van der Waals surface area contributed by atoms with Gasteiger partial charge in [-0.1, -0.05) is 24.3 Å². The van der Waals surface area contributed by atoms with Gasteiger partial charge in [-0.25, -0.2) is 8.42 Å². The van der Waals surface area contributed by atoms with Crippen LogP contribution in [0.2, 0.25) is 0 Å². The van der Waals surface area contributed by atoms with E-state index in [1.807, 2.05) is 24.3 Å². The molecule has 0 aliphatic carbocycles. The summed E-state index contributed by atoms with van der Waals surface area (Å²) in [6.07, 6.45) is 1.83. The fourth-order valence-electron chi connectivity index (χ4n) is 2.39. The average molecular weight is 288 g/mol. The number of fused-ring (bicyclic) bond motifs is 1. The number of nitrogens with zero attached hydrogens (tertiary/aromatic N) is 1. The lowest BCUT2D eigenvalue weighted by Crippen LogP contribution is -2.40. The second-order valence-electron chi connectivity index (χ2n) is 4.40. The summed E-state index contributed by atoms with van der Waals surface area (Å²) in [7, 11) is -3.34. The minimum absolute atomic E-state index is 0.00559. The topological polar surface area (TPSA) is 54.5 Å². The minimum atomic E-state index is -3.34. The van der Waals surface area contributed by atoms with Crippen LogP contribution >= 0.6 is 11.6 Å². The number of hydrogen-bond donors (Lipinski definition) is 0. The largest absolute Gasteiger partial charge is 0.281 e. The quantitative estimate of drug-likeness (QED) is 0.795. The number of carbonyl (C=O) groups excluding carboxylic acids is 1. The molecule has 0 fully saturated rings. The molecule has 0 radical (unpaired) electrons. The Balaban J connectivity index is 2.46. The van der Waals surface area contributed by atoms with Crippen LogP contribution in [0.1, 0.15) is 23.6 Å². The Morgan fingerprint density at radius 1 is 1.44 bits per heavy atom. The van der Waals surface area contributed by atoms with Gasteiger partial charge in [-0.15, -0.1) is 0 Å². The predicted molar refractivity (Wildman–Crippen MR) is 69.9 cm³/mol. The molecule has 1 aliphatic rings. The third-order valence-corrected chi connectivity index (χ3v) is 4.59. The molecular weight excluding hydrogens is 274 g/mol. The molecule has 4 nitrogen and oxygen atoms in total. The Kier molecular flexibility index (Phi) is 3.75. The molecule has 6 heteroatoms. The number of rotatable bonds is 3. The zero-order valence-corrected chi connectivity index (χ0v) is 11.5. The SMILES string of the molecule is CS(=O)(=O)N1CCc2ccccc2C1CC(=O)Cl. The van der Waals surface area contributed by atoms with Crippen molar-refractivity contribution in [3.63, 3.8) is 0 Å². The molecule has 1 atom stereocenters. The fraction of sp³-hybridized carbons (Fsp3) is 0.417. The van der Waals surface area contributed by atoms with E-state index < -0.39 is 21.3 Å². The van der Waals surface area contributed by atoms with Gasteiger partial charge in [0.15, 0.2) is 0 Å². The third-order valence-electron chi connectivity index (χ3n) is 3.14. The first-order valence-electron chi connectivity index (χ1n) is 5.62. The van der Waals surface area contributed by atoms with Crippen LogP contribution in [0.5, 0.6) is 0 Å². The molecule has 0 saturated carbocycles. The highest BCUT2D eigenvalue weighted by atomic mass is 35.5. The van der Waals surface area contributed by atoms with E-state index in [9.17, 15) is 13.2 Å². The van der Waals surface area contributed by atoms with Crippen LogP contribution in [0, 0.1) is 0 Å². The highest BCUT2D eigenvalue weighted by Gasteiger charge is 2.33. The molecule has 1 aromatic carbocycles. The lowest BCUT2D eigenvalue weighted by atomic mass is 9.93. The number of hydrogen-bond acceptors (Lipinski definition) is 3. The summed E-state index contributed by atoms with van der Waals surface area (Å²) in [6, 6.07) is 7.10. The van der Waals surface area contributed by atoms with Crippen LogP contribution in [-0.2, 0) is 21.2 Å². The van der Waals surface area contributed by atoms with Gasteiger partial charge in [-0.2, -0.15) is 4.31 Å². The minimum Gasteiger partial charge on any atom is -0.281 e. The maximum Gasteiger partial charge on any atom is 0.223 e. The van der Waals surface area contributed by atoms with E-state index in [-0.39, 0.29) is 6.42 Å². The highest BCUT2D eigenvalue weighted by molar-refractivity contribution is 7.88. The smallest absolute Gasteiger partial charge is 0.223 e. The van der Waals surface area contributed by atoms with Crippen LogP contribution < -0.4 is 0 Å². The standard InChI is InChI=1S/C12H14ClNO3S/c1-18(16,17)14-7-6-9-4-2-3-5-10(9)11(14)8-12(13)15/h2-5,11H,6-8H2,1H3. The van der Waals surface area contributed by atoms with Gasteiger partial charge in [0.25, 0.3) is 0 Å². The molecular formula is C12H14ClNO3S. The first kappa shape index (κ1) is 13.5. The molecule has 0 bridgehead atoms. The summed E-state index contributed by atoms with van der Waals surface area (Å²) in [5.41, 5.74) is 1.96. The molecule has 2 rings (SSSR count). The number of sulfonamides is 1. The second-order valence-corrected chi connectivity index (χ2v) is 6.75. The molecule has 18 heavy (non-hydrogen) atoms. The Morgan fingerprint density at radius 3 is 2.72 bits per heavy atom. The zero-order valence-electron chi connectivity index (χ0n) is 9.97. The van der Waals surface area contributed by atoms with Crippen molar-refractivity contribution in [3.05, 3.63) is 35.4 Å². The number of benzene rings is 1. The third kappa shape index (κ3) is 2.74. The summed E-state index contributed by atoms with van der Waals surface area (Å²) < 4.78 is 24.9. The molecule has 1 unspecified atom stereocenters. The normalized spacial score (nSPS) is 20.4. The van der Waals surface area contributed by atoms with Crippen molar-refractivity contribution in [1.29, 1.82) is 0 Å². The summed E-state index contributed by atoms with van der Waals surface area (Å²) in [5.74, 6) is 0. The monoisotopic (exact) mass is 287 g/mol. The van der Waals surface area contributed by atoms with Crippen molar-refractivity contribution < 1.29 is 13.2 Å². The van der Waals surface area contributed by atoms with E-state index in [1.54, 1.807) is 0 Å². The maximum absolute atomic E-state index is 11.8. The Hall–Kier alpha value is -0.910. The lowest BCUT2D eigenvalue weighted by molar-refractivity contribution is -0.112. The predicted octanol–water partition coefficient (Wildman–Crippen LogP) is 1.70. The van der Waals surface area contributed by atoms with Gasteiger partial charge in [0.1, 0.15) is 0 Å². The summed E-state index contributed by atoms with van der Waals surface area (Å²) >= 11 is 5.43. The first-order chi connectivity index (χ1) is 8.39. The number of halogens is 1. The van der Waals surface area contributed by atoms with Gasteiger partial charge in [0.05, 0.1) is 12.3 Å². The van der Waals surface area contributed by atoms with Gasteiger partial charge in [0.2, 0.25) is 15.3 Å². The van der Waals surface area contributed by atoms with Gasteiger partial charge >= 0.3 is 0 Å². The Bertz CT molecular complexity index is 570. The summed E-state index contributed by atoms with van der Waals surface area (Å²) in [4.78, 5) is 11.1. The van der Waals surface area contributed by atoms with Crippen LogP contribution in [0.15, 0.2) is 24.3 Å². The van der Waals surface area contributed by atoms with Crippen molar-refractivity contribution in [3.8, 4) is 0 Å². The van der Waals surface area contributed by atoms with E-state index in [2.05, 4.69) is 0 Å². The first-order valence-corrected chi connectivity index (χ1v) is 7.85. The molecule has 0 amide bonds.